The zero-order chi connectivity index (χ0) is 18.5. The van der Waals surface area contributed by atoms with Gasteiger partial charge in [0, 0.05) is 18.8 Å². The van der Waals surface area contributed by atoms with E-state index in [4.69, 9.17) is 0 Å². The number of thioether (sulfide) groups is 1. The molecule has 26 heavy (non-hydrogen) atoms. The molecule has 0 radical (unpaired) electrons. The van der Waals surface area contributed by atoms with Crippen LogP contribution >= 0.6 is 11.8 Å². The van der Waals surface area contributed by atoms with Gasteiger partial charge < -0.3 is 10.2 Å². The third kappa shape index (κ3) is 4.35. The first-order chi connectivity index (χ1) is 12.6. The minimum absolute atomic E-state index is 0.103. The van der Waals surface area contributed by atoms with Gasteiger partial charge in [-0.1, -0.05) is 29.8 Å². The van der Waals surface area contributed by atoms with Gasteiger partial charge in [0.05, 0.1) is 10.6 Å². The molecule has 4 nitrogen and oxygen atoms in total. The number of rotatable bonds is 5. The van der Waals surface area contributed by atoms with Crippen LogP contribution in [0, 0.1) is 6.92 Å². The molecule has 0 aromatic heterocycles. The maximum atomic E-state index is 12.2. The Labute approximate surface area is 159 Å². The lowest BCUT2D eigenvalue weighted by molar-refractivity contribution is -0.115. The van der Waals surface area contributed by atoms with Crippen LogP contribution in [0.2, 0.25) is 0 Å². The molecule has 0 atom stereocenters. The van der Waals surface area contributed by atoms with Gasteiger partial charge in [-0.3, -0.25) is 4.79 Å². The average molecular weight is 366 g/mol. The minimum Gasteiger partial charge on any atom is -0.372 e. The van der Waals surface area contributed by atoms with Crippen LogP contribution in [0.5, 0.6) is 0 Å². The quantitative estimate of drug-likeness (QED) is 0.779. The van der Waals surface area contributed by atoms with Gasteiger partial charge >= 0.3 is 0 Å². The van der Waals surface area contributed by atoms with Crippen molar-refractivity contribution in [3.8, 4) is 0 Å². The molecule has 1 amide bonds. The largest absolute Gasteiger partial charge is 0.372 e. The summed E-state index contributed by atoms with van der Waals surface area (Å²) >= 11 is 1.37. The second-order valence-corrected chi connectivity index (χ2v) is 7.11. The first kappa shape index (κ1) is 18.3. The van der Waals surface area contributed by atoms with Crippen LogP contribution in [0.15, 0.2) is 58.4 Å². The van der Waals surface area contributed by atoms with E-state index in [9.17, 15) is 4.79 Å². The molecule has 1 aliphatic heterocycles. The third-order valence-corrected chi connectivity index (χ3v) is 5.14. The molecule has 0 aliphatic carbocycles. The fraction of sp³-hybridized carbons (Fsp3) is 0.238. The van der Waals surface area contributed by atoms with Gasteiger partial charge in [-0.15, -0.1) is 0 Å². The molecular weight excluding hydrogens is 342 g/mol. The van der Waals surface area contributed by atoms with E-state index < -0.39 is 0 Å². The Kier molecular flexibility index (Phi) is 5.78. The maximum Gasteiger partial charge on any atom is 0.264 e. The number of nitrogens with one attached hydrogen (secondary N) is 1. The summed E-state index contributed by atoms with van der Waals surface area (Å²) in [4.78, 5) is 19.7. The summed E-state index contributed by atoms with van der Waals surface area (Å²) in [5, 5.41) is 3.45. The molecule has 0 unspecified atom stereocenters. The van der Waals surface area contributed by atoms with Crippen molar-refractivity contribution in [3.05, 3.63) is 64.6 Å². The number of benzene rings is 2. The Balaban J connectivity index is 1.74. The number of aliphatic imine (C=N–C) groups is 1. The molecule has 0 saturated carbocycles. The summed E-state index contributed by atoms with van der Waals surface area (Å²) < 4.78 is 0. The van der Waals surface area contributed by atoms with E-state index >= 15 is 0 Å². The number of aryl methyl sites for hydroxylation is 1. The lowest BCUT2D eigenvalue weighted by atomic mass is 10.1. The molecule has 0 spiro atoms. The van der Waals surface area contributed by atoms with Gasteiger partial charge in [-0.2, -0.15) is 0 Å². The standard InChI is InChI=1S/C21H23N3OS/c1-4-24(5-2)18-12-10-17(11-13-18)22-21-23-20(25)19(26-21)14-16-8-6-15(3)7-9-16/h6-14H,4-5H2,1-3H3,(H,22,23,25). The van der Waals surface area contributed by atoms with Crippen LogP contribution in [0.25, 0.3) is 6.08 Å². The number of amidine groups is 1. The number of nitrogens with zero attached hydrogens (tertiary/aromatic N) is 2. The van der Waals surface area contributed by atoms with Gasteiger partial charge in [-0.05, 0) is 68.4 Å². The Morgan fingerprint density at radius 2 is 1.69 bits per heavy atom. The van der Waals surface area contributed by atoms with Crippen molar-refractivity contribution in [2.75, 3.05) is 18.0 Å². The number of carbonyl (C=O) groups is 1. The fourth-order valence-corrected chi connectivity index (χ4v) is 3.58. The third-order valence-electron chi connectivity index (χ3n) is 4.23. The van der Waals surface area contributed by atoms with Gasteiger partial charge in [-0.25, -0.2) is 4.99 Å². The van der Waals surface area contributed by atoms with Gasteiger partial charge in [0.15, 0.2) is 5.17 Å². The van der Waals surface area contributed by atoms with E-state index in [-0.39, 0.29) is 5.91 Å². The second kappa shape index (κ2) is 8.23. The molecule has 5 heteroatoms. The minimum atomic E-state index is -0.103. The van der Waals surface area contributed by atoms with Crippen molar-refractivity contribution in [1.82, 2.24) is 5.32 Å². The van der Waals surface area contributed by atoms with Crippen molar-refractivity contribution < 1.29 is 4.79 Å². The normalized spacial score (nSPS) is 17.0. The predicted octanol–water partition coefficient (Wildman–Crippen LogP) is 4.73. The van der Waals surface area contributed by atoms with Crippen LogP contribution in [-0.4, -0.2) is 24.2 Å². The SMILES string of the molecule is CCN(CC)c1ccc(N=C2NC(=O)C(=Cc3ccc(C)cc3)S2)cc1. The summed E-state index contributed by atoms with van der Waals surface area (Å²) in [5.74, 6) is -0.103. The molecule has 0 bridgehead atoms. The number of anilines is 1. The average Bonchev–Trinajstić information content (AvgIpc) is 2.98. The van der Waals surface area contributed by atoms with Gasteiger partial charge in [0.25, 0.3) is 5.91 Å². The molecule has 1 saturated heterocycles. The molecule has 1 aliphatic rings. The predicted molar refractivity (Wildman–Crippen MR) is 112 cm³/mol. The monoisotopic (exact) mass is 365 g/mol. The lowest BCUT2D eigenvalue weighted by Gasteiger charge is -2.20. The number of amides is 1. The Hall–Kier alpha value is -2.53. The van der Waals surface area contributed by atoms with Crippen LogP contribution in [0.3, 0.4) is 0 Å². The summed E-state index contributed by atoms with van der Waals surface area (Å²) in [6, 6.07) is 16.2. The van der Waals surface area contributed by atoms with Crippen LogP contribution < -0.4 is 10.2 Å². The smallest absolute Gasteiger partial charge is 0.264 e. The lowest BCUT2D eigenvalue weighted by Crippen LogP contribution is -2.21. The van der Waals surface area contributed by atoms with E-state index in [0.717, 1.165) is 24.3 Å². The van der Waals surface area contributed by atoms with Crippen molar-refractivity contribution in [2.24, 2.45) is 4.99 Å². The Bertz CT molecular complexity index is 835. The first-order valence-electron chi connectivity index (χ1n) is 8.80. The van der Waals surface area contributed by atoms with E-state index in [1.807, 2.05) is 49.4 Å². The highest BCUT2D eigenvalue weighted by Gasteiger charge is 2.23. The summed E-state index contributed by atoms with van der Waals surface area (Å²) in [6.45, 7) is 8.28. The second-order valence-electron chi connectivity index (χ2n) is 6.08. The first-order valence-corrected chi connectivity index (χ1v) is 9.62. The molecule has 1 N–H and O–H groups in total. The molecule has 3 rings (SSSR count). The van der Waals surface area contributed by atoms with Gasteiger partial charge in [0.2, 0.25) is 0 Å². The molecule has 2 aromatic rings. The number of carbonyl (C=O) groups excluding carboxylic acids is 1. The van der Waals surface area contributed by atoms with E-state index in [1.165, 1.54) is 23.0 Å². The van der Waals surface area contributed by atoms with Crippen molar-refractivity contribution in [1.29, 1.82) is 0 Å². The van der Waals surface area contributed by atoms with E-state index in [0.29, 0.717) is 10.1 Å². The van der Waals surface area contributed by atoms with Gasteiger partial charge in [0.1, 0.15) is 0 Å². The maximum absolute atomic E-state index is 12.2. The zero-order valence-corrected chi connectivity index (χ0v) is 16.1. The molecule has 2 aromatic carbocycles. The molecular formula is C21H23N3OS. The Morgan fingerprint density at radius 1 is 1.04 bits per heavy atom. The summed E-state index contributed by atoms with van der Waals surface area (Å²) in [5.41, 5.74) is 4.23. The molecule has 1 heterocycles. The highest BCUT2D eigenvalue weighted by molar-refractivity contribution is 8.18. The van der Waals surface area contributed by atoms with E-state index in [2.05, 4.69) is 41.2 Å². The number of hydrogen-bond donors (Lipinski definition) is 1. The highest BCUT2D eigenvalue weighted by Crippen LogP contribution is 2.28. The molecule has 1 fully saturated rings. The topological polar surface area (TPSA) is 44.7 Å². The van der Waals surface area contributed by atoms with Crippen LogP contribution in [0.1, 0.15) is 25.0 Å². The van der Waals surface area contributed by atoms with Crippen molar-refractivity contribution in [3.63, 3.8) is 0 Å². The summed E-state index contributed by atoms with van der Waals surface area (Å²) in [7, 11) is 0. The zero-order valence-electron chi connectivity index (χ0n) is 15.3. The van der Waals surface area contributed by atoms with Crippen molar-refractivity contribution in [2.45, 2.75) is 20.8 Å². The van der Waals surface area contributed by atoms with Crippen molar-refractivity contribution >= 4 is 40.3 Å². The summed E-state index contributed by atoms with van der Waals surface area (Å²) in [6.07, 6.45) is 1.89. The highest BCUT2D eigenvalue weighted by atomic mass is 32.2. The number of hydrogen-bond acceptors (Lipinski definition) is 4. The van der Waals surface area contributed by atoms with Crippen LogP contribution in [0.4, 0.5) is 11.4 Å². The fourth-order valence-electron chi connectivity index (χ4n) is 2.74. The van der Waals surface area contributed by atoms with Crippen LogP contribution in [-0.2, 0) is 4.79 Å². The molecule has 134 valence electrons. The van der Waals surface area contributed by atoms with E-state index in [1.54, 1.807) is 0 Å². The Morgan fingerprint density at radius 3 is 2.31 bits per heavy atom.